The van der Waals surface area contributed by atoms with Crippen molar-refractivity contribution in [2.24, 2.45) is 0 Å². The smallest absolute Gasteiger partial charge is 0.146 e. The van der Waals surface area contributed by atoms with E-state index in [9.17, 15) is 4.21 Å². The van der Waals surface area contributed by atoms with Crippen LogP contribution in [-0.4, -0.2) is 15.6 Å². The number of hydrogen-bond acceptors (Lipinski definition) is 3. The van der Waals surface area contributed by atoms with Gasteiger partial charge in [0.15, 0.2) is 0 Å². The maximum Gasteiger partial charge on any atom is 0.146 e. The van der Waals surface area contributed by atoms with E-state index in [4.69, 9.17) is 15.4 Å². The first kappa shape index (κ1) is 10.3. The van der Waals surface area contributed by atoms with Gasteiger partial charge in [-0.15, -0.1) is 0 Å². The van der Waals surface area contributed by atoms with E-state index in [0.717, 1.165) is 0 Å². The molecular weight excluding hydrogens is 168 g/mol. The zero-order valence-corrected chi connectivity index (χ0v) is 8.42. The van der Waals surface area contributed by atoms with E-state index < -0.39 is 8.77 Å². The number of rotatable bonds is 3. The van der Waals surface area contributed by atoms with E-state index >= 15 is 0 Å². The van der Waals surface area contributed by atoms with Crippen molar-refractivity contribution in [3.8, 4) is 0 Å². The Kier molecular flexibility index (Phi) is 3.76. The molecule has 0 aromatic heterocycles. The molecule has 0 rings (SSSR count). The Morgan fingerprint density at radius 1 is 1.30 bits per heavy atom. The van der Waals surface area contributed by atoms with Crippen LogP contribution in [0.3, 0.4) is 0 Å². The fourth-order valence-corrected chi connectivity index (χ4v) is 1.61. The van der Waals surface area contributed by atoms with E-state index in [2.05, 4.69) is 0 Å². The molecule has 0 aliphatic rings. The third-order valence-electron chi connectivity index (χ3n) is 0.904. The lowest BCUT2D eigenvalue weighted by Gasteiger charge is -2.13. The van der Waals surface area contributed by atoms with Crippen LogP contribution in [0.2, 0.25) is 0 Å². The van der Waals surface area contributed by atoms with Crippen LogP contribution >= 0.6 is 0 Å². The summed E-state index contributed by atoms with van der Waals surface area (Å²) in [6.07, 6.45) is -0.0487. The highest BCUT2D eigenvalue weighted by Gasteiger charge is 2.13. The van der Waals surface area contributed by atoms with Crippen LogP contribution in [0.25, 0.3) is 0 Å². The first-order valence-electron chi connectivity index (χ1n) is 3.28. The first-order chi connectivity index (χ1) is 4.36. The molecule has 0 amide bonds. The molecule has 62 valence electrons. The van der Waals surface area contributed by atoms with Gasteiger partial charge in [0.05, 0.1) is 11.4 Å². The number of hydrogen-bond donors (Lipinski definition) is 0. The van der Waals surface area contributed by atoms with Crippen molar-refractivity contribution >= 4 is 20.0 Å². The van der Waals surface area contributed by atoms with Crippen LogP contribution < -0.4 is 0 Å². The van der Waals surface area contributed by atoms with Crippen LogP contribution in [0.5, 0.6) is 0 Å². The molecule has 0 N–H and O–H groups in total. The molecule has 0 aliphatic heterocycles. The van der Waals surface area contributed by atoms with E-state index in [1.807, 2.05) is 13.8 Å². The summed E-state index contributed by atoms with van der Waals surface area (Å²) in [6.45, 7) is 7.26. The van der Waals surface area contributed by atoms with E-state index in [1.54, 1.807) is 13.8 Å². The molecule has 4 heteroatoms. The van der Waals surface area contributed by atoms with Gasteiger partial charge in [0.25, 0.3) is 0 Å². The minimum Gasteiger partial charge on any atom is -0.287 e. The van der Waals surface area contributed by atoms with Crippen molar-refractivity contribution in [3.63, 3.8) is 0 Å². The molecule has 0 aromatic carbocycles. The fourth-order valence-electron chi connectivity index (χ4n) is 0.379. The second-order valence-electron chi connectivity index (χ2n) is 2.69. The van der Waals surface area contributed by atoms with Crippen LogP contribution in [0.4, 0.5) is 0 Å². The zero-order valence-electron chi connectivity index (χ0n) is 6.79. The topological polar surface area (TPSA) is 26.3 Å². The Balaban J connectivity index is 4.16. The predicted molar refractivity (Wildman–Crippen MR) is 46.9 cm³/mol. The molecular formula is C6H14O2S2. The van der Waals surface area contributed by atoms with Gasteiger partial charge in [0, 0.05) is 11.2 Å². The molecule has 0 aliphatic carbocycles. The molecule has 0 heterocycles. The Bertz CT molecular complexity index is 180. The molecule has 0 fully saturated rings. The summed E-state index contributed by atoms with van der Waals surface area (Å²) in [4.78, 5) is 0. The van der Waals surface area contributed by atoms with Crippen molar-refractivity contribution in [2.75, 3.05) is 0 Å². The quantitative estimate of drug-likeness (QED) is 0.661. The monoisotopic (exact) mass is 182 g/mol. The molecule has 0 saturated heterocycles. The lowest BCUT2D eigenvalue weighted by atomic mass is 10.5. The summed E-state index contributed by atoms with van der Waals surface area (Å²) in [5.41, 5.74) is 0. The van der Waals surface area contributed by atoms with Gasteiger partial charge in [-0.2, -0.15) is 0 Å². The van der Waals surface area contributed by atoms with Crippen molar-refractivity contribution in [2.45, 2.75) is 39.0 Å². The largest absolute Gasteiger partial charge is 0.287 e. The minimum atomic E-state index is -2.46. The fraction of sp³-hybridized carbons (Fsp3) is 1.00. The minimum absolute atomic E-state index is 0.0487. The van der Waals surface area contributed by atoms with Crippen molar-refractivity contribution in [1.82, 2.24) is 0 Å². The average Bonchev–Trinajstić information content (AvgIpc) is 1.60. The Morgan fingerprint density at radius 2 is 1.70 bits per heavy atom. The highest BCUT2D eigenvalue weighted by atomic mass is 32.8. The lowest BCUT2D eigenvalue weighted by Crippen LogP contribution is -2.19. The molecule has 0 aromatic rings. The average molecular weight is 182 g/mol. The molecule has 1 unspecified atom stereocenters. The van der Waals surface area contributed by atoms with Gasteiger partial charge in [-0.25, -0.2) is 4.21 Å². The van der Waals surface area contributed by atoms with Gasteiger partial charge in [-0.1, -0.05) is 0 Å². The SMILES string of the molecule is CC(C)OS(=O)(=S)C(C)C. The Morgan fingerprint density at radius 3 is 1.80 bits per heavy atom. The third kappa shape index (κ3) is 3.49. The Hall–Kier alpha value is 0.330. The van der Waals surface area contributed by atoms with Crippen molar-refractivity contribution in [3.05, 3.63) is 0 Å². The predicted octanol–water partition coefficient (Wildman–Crippen LogP) is 1.48. The summed E-state index contributed by atoms with van der Waals surface area (Å²) < 4.78 is 16.3. The second kappa shape index (κ2) is 3.64. The van der Waals surface area contributed by atoms with Gasteiger partial charge < -0.3 is 0 Å². The lowest BCUT2D eigenvalue weighted by molar-refractivity contribution is 0.266. The summed E-state index contributed by atoms with van der Waals surface area (Å²) in [7, 11) is -2.46. The Labute approximate surface area is 67.8 Å². The zero-order chi connectivity index (χ0) is 8.36. The van der Waals surface area contributed by atoms with Crippen LogP contribution in [0.15, 0.2) is 0 Å². The maximum absolute atomic E-state index is 11.3. The molecule has 0 spiro atoms. The molecule has 2 nitrogen and oxygen atoms in total. The van der Waals surface area contributed by atoms with Gasteiger partial charge in [-0.3, -0.25) is 4.18 Å². The van der Waals surface area contributed by atoms with Crippen molar-refractivity contribution < 1.29 is 8.39 Å². The van der Waals surface area contributed by atoms with Gasteiger partial charge in [0.2, 0.25) is 0 Å². The van der Waals surface area contributed by atoms with E-state index in [-0.39, 0.29) is 11.4 Å². The first-order valence-corrected chi connectivity index (χ1v) is 5.75. The van der Waals surface area contributed by atoms with Gasteiger partial charge in [0.1, 0.15) is 8.77 Å². The highest BCUT2D eigenvalue weighted by Crippen LogP contribution is 2.06. The highest BCUT2D eigenvalue weighted by molar-refractivity contribution is 8.30. The molecule has 0 bridgehead atoms. The third-order valence-corrected chi connectivity index (χ3v) is 4.10. The molecule has 0 radical (unpaired) electrons. The van der Waals surface area contributed by atoms with Gasteiger partial charge in [-0.05, 0) is 27.7 Å². The van der Waals surface area contributed by atoms with E-state index in [0.29, 0.717) is 0 Å². The normalized spacial score (nSPS) is 17.8. The molecule has 1 atom stereocenters. The summed E-state index contributed by atoms with van der Waals surface area (Å²) in [6, 6.07) is 0. The molecule has 0 saturated carbocycles. The summed E-state index contributed by atoms with van der Waals surface area (Å²) >= 11 is 4.75. The standard InChI is InChI=1S/C6H14O2S2/c1-5(2)8-10(7,9)6(3)4/h5-6H,1-4H3. The van der Waals surface area contributed by atoms with E-state index in [1.165, 1.54) is 0 Å². The summed E-state index contributed by atoms with van der Waals surface area (Å²) in [5, 5.41) is -0.0788. The van der Waals surface area contributed by atoms with Crippen LogP contribution in [0.1, 0.15) is 27.7 Å². The van der Waals surface area contributed by atoms with Crippen LogP contribution in [-0.2, 0) is 24.1 Å². The summed E-state index contributed by atoms with van der Waals surface area (Å²) in [5.74, 6) is 0. The second-order valence-corrected chi connectivity index (χ2v) is 6.20. The van der Waals surface area contributed by atoms with Crippen LogP contribution in [0, 0.1) is 0 Å². The van der Waals surface area contributed by atoms with Crippen molar-refractivity contribution in [1.29, 1.82) is 0 Å². The molecule has 10 heavy (non-hydrogen) atoms. The van der Waals surface area contributed by atoms with Gasteiger partial charge >= 0.3 is 0 Å². The maximum atomic E-state index is 11.3.